The molecule has 96 valence electrons. The maximum Gasteiger partial charge on any atom is 0.161 e. The Kier molecular flexibility index (Phi) is 5.29. The van der Waals surface area contributed by atoms with Crippen LogP contribution in [0.15, 0.2) is 12.1 Å². The van der Waals surface area contributed by atoms with E-state index in [2.05, 4.69) is 13.8 Å². The van der Waals surface area contributed by atoms with Gasteiger partial charge in [-0.3, -0.25) is 0 Å². The molecule has 3 heteroatoms. The number of hydrogen-bond acceptors (Lipinski definition) is 3. The van der Waals surface area contributed by atoms with Gasteiger partial charge in [0.15, 0.2) is 11.5 Å². The number of ether oxygens (including phenoxy) is 2. The van der Waals surface area contributed by atoms with Crippen LogP contribution in [0.3, 0.4) is 0 Å². The molecular formula is C14H23NO2. The second-order valence-electron chi connectivity index (χ2n) is 4.31. The Morgan fingerprint density at radius 1 is 1.18 bits per heavy atom. The first-order valence-electron chi connectivity index (χ1n) is 6.12. The van der Waals surface area contributed by atoms with Crippen LogP contribution >= 0.6 is 0 Å². The minimum absolute atomic E-state index is 0.0785. The first kappa shape index (κ1) is 13.8. The lowest BCUT2D eigenvalue weighted by atomic mass is 9.97. The Hall–Kier alpha value is -1.22. The van der Waals surface area contributed by atoms with Crippen molar-refractivity contribution in [3.63, 3.8) is 0 Å². The number of benzene rings is 1. The van der Waals surface area contributed by atoms with E-state index in [1.807, 2.05) is 12.1 Å². The first-order chi connectivity index (χ1) is 8.13. The third kappa shape index (κ3) is 3.37. The molecule has 0 aliphatic heterocycles. The summed E-state index contributed by atoms with van der Waals surface area (Å²) in [6.07, 6.45) is 3.32. The van der Waals surface area contributed by atoms with E-state index in [0.717, 1.165) is 35.5 Å². The van der Waals surface area contributed by atoms with Crippen LogP contribution in [0.25, 0.3) is 0 Å². The summed E-state index contributed by atoms with van der Waals surface area (Å²) in [6, 6.07) is 4.06. The SMILES string of the molecule is CCCCC(N)c1cc(OC)c(OC)cc1C. The van der Waals surface area contributed by atoms with Crippen LogP contribution in [0.4, 0.5) is 0 Å². The van der Waals surface area contributed by atoms with Crippen molar-refractivity contribution in [2.75, 3.05) is 14.2 Å². The lowest BCUT2D eigenvalue weighted by Crippen LogP contribution is -2.12. The van der Waals surface area contributed by atoms with Gasteiger partial charge in [0.25, 0.3) is 0 Å². The van der Waals surface area contributed by atoms with Crippen molar-refractivity contribution in [3.8, 4) is 11.5 Å². The molecule has 0 aliphatic carbocycles. The van der Waals surface area contributed by atoms with E-state index in [1.54, 1.807) is 14.2 Å². The van der Waals surface area contributed by atoms with Gasteiger partial charge in [-0.25, -0.2) is 0 Å². The zero-order valence-electron chi connectivity index (χ0n) is 11.2. The van der Waals surface area contributed by atoms with E-state index >= 15 is 0 Å². The molecule has 1 aromatic rings. The van der Waals surface area contributed by atoms with Gasteiger partial charge in [-0.1, -0.05) is 19.8 Å². The zero-order valence-corrected chi connectivity index (χ0v) is 11.2. The quantitative estimate of drug-likeness (QED) is 0.826. The Morgan fingerprint density at radius 3 is 2.29 bits per heavy atom. The molecule has 17 heavy (non-hydrogen) atoms. The molecule has 0 aliphatic rings. The minimum atomic E-state index is 0.0785. The molecule has 0 fully saturated rings. The number of methoxy groups -OCH3 is 2. The molecule has 0 bridgehead atoms. The van der Waals surface area contributed by atoms with E-state index in [4.69, 9.17) is 15.2 Å². The van der Waals surface area contributed by atoms with Crippen molar-refractivity contribution in [1.29, 1.82) is 0 Å². The summed E-state index contributed by atoms with van der Waals surface area (Å²) in [7, 11) is 3.29. The molecular weight excluding hydrogens is 214 g/mol. The van der Waals surface area contributed by atoms with Crippen LogP contribution in [0.1, 0.15) is 43.4 Å². The predicted molar refractivity (Wildman–Crippen MR) is 70.7 cm³/mol. The fourth-order valence-electron chi connectivity index (χ4n) is 1.98. The van der Waals surface area contributed by atoms with Gasteiger partial charge in [0.05, 0.1) is 14.2 Å². The number of rotatable bonds is 6. The fraction of sp³-hybridized carbons (Fsp3) is 0.571. The Labute approximate surface area is 104 Å². The number of nitrogens with two attached hydrogens (primary N) is 1. The molecule has 0 saturated heterocycles. The smallest absolute Gasteiger partial charge is 0.161 e. The summed E-state index contributed by atoms with van der Waals surface area (Å²) in [5, 5.41) is 0. The Balaban J connectivity index is 2.99. The maximum absolute atomic E-state index is 6.20. The molecule has 1 atom stereocenters. The van der Waals surface area contributed by atoms with Crippen molar-refractivity contribution in [2.24, 2.45) is 5.73 Å². The first-order valence-corrected chi connectivity index (χ1v) is 6.12. The van der Waals surface area contributed by atoms with Crippen LogP contribution in [-0.2, 0) is 0 Å². The molecule has 0 radical (unpaired) electrons. The lowest BCUT2D eigenvalue weighted by Gasteiger charge is -2.17. The van der Waals surface area contributed by atoms with Crippen molar-refractivity contribution >= 4 is 0 Å². The van der Waals surface area contributed by atoms with Crippen LogP contribution in [-0.4, -0.2) is 14.2 Å². The average molecular weight is 237 g/mol. The predicted octanol–water partition coefficient (Wildman–Crippen LogP) is 3.20. The normalized spacial score (nSPS) is 12.3. The highest BCUT2D eigenvalue weighted by atomic mass is 16.5. The topological polar surface area (TPSA) is 44.5 Å². The zero-order chi connectivity index (χ0) is 12.8. The largest absolute Gasteiger partial charge is 0.493 e. The molecule has 0 aromatic heterocycles. The average Bonchev–Trinajstić information content (AvgIpc) is 2.35. The van der Waals surface area contributed by atoms with Gasteiger partial charge < -0.3 is 15.2 Å². The molecule has 0 spiro atoms. The van der Waals surface area contributed by atoms with Crippen molar-refractivity contribution < 1.29 is 9.47 Å². The fourth-order valence-corrected chi connectivity index (χ4v) is 1.98. The van der Waals surface area contributed by atoms with Gasteiger partial charge in [0, 0.05) is 6.04 Å². The molecule has 1 rings (SSSR count). The monoisotopic (exact) mass is 237 g/mol. The van der Waals surface area contributed by atoms with Crippen molar-refractivity contribution in [3.05, 3.63) is 23.3 Å². The molecule has 0 amide bonds. The lowest BCUT2D eigenvalue weighted by molar-refractivity contribution is 0.353. The van der Waals surface area contributed by atoms with Gasteiger partial charge >= 0.3 is 0 Å². The summed E-state index contributed by atoms with van der Waals surface area (Å²) >= 11 is 0. The summed E-state index contributed by atoms with van der Waals surface area (Å²) in [6.45, 7) is 4.23. The Bertz CT molecular complexity index is 363. The molecule has 1 aromatic carbocycles. The second-order valence-corrected chi connectivity index (χ2v) is 4.31. The maximum atomic E-state index is 6.20. The van der Waals surface area contributed by atoms with Crippen LogP contribution in [0.5, 0.6) is 11.5 Å². The van der Waals surface area contributed by atoms with E-state index in [0.29, 0.717) is 0 Å². The van der Waals surface area contributed by atoms with Gasteiger partial charge in [0.1, 0.15) is 0 Å². The minimum Gasteiger partial charge on any atom is -0.493 e. The van der Waals surface area contributed by atoms with Crippen LogP contribution in [0, 0.1) is 6.92 Å². The van der Waals surface area contributed by atoms with Crippen molar-refractivity contribution in [1.82, 2.24) is 0 Å². The highest BCUT2D eigenvalue weighted by molar-refractivity contribution is 5.47. The van der Waals surface area contributed by atoms with Crippen LogP contribution < -0.4 is 15.2 Å². The van der Waals surface area contributed by atoms with Crippen molar-refractivity contribution in [2.45, 2.75) is 39.2 Å². The molecule has 3 nitrogen and oxygen atoms in total. The third-order valence-corrected chi connectivity index (χ3v) is 3.04. The van der Waals surface area contributed by atoms with Gasteiger partial charge in [-0.15, -0.1) is 0 Å². The van der Waals surface area contributed by atoms with Gasteiger partial charge in [-0.2, -0.15) is 0 Å². The number of aryl methyl sites for hydroxylation is 1. The third-order valence-electron chi connectivity index (χ3n) is 3.04. The highest BCUT2D eigenvalue weighted by Gasteiger charge is 2.13. The van der Waals surface area contributed by atoms with Crippen LogP contribution in [0.2, 0.25) is 0 Å². The summed E-state index contributed by atoms with van der Waals surface area (Å²) in [5.41, 5.74) is 8.51. The summed E-state index contributed by atoms with van der Waals surface area (Å²) in [5.74, 6) is 1.51. The molecule has 1 unspecified atom stereocenters. The van der Waals surface area contributed by atoms with E-state index in [9.17, 15) is 0 Å². The van der Waals surface area contributed by atoms with E-state index < -0.39 is 0 Å². The second kappa shape index (κ2) is 6.50. The van der Waals surface area contributed by atoms with Gasteiger partial charge in [-0.05, 0) is 36.6 Å². The number of hydrogen-bond donors (Lipinski definition) is 1. The summed E-state index contributed by atoms with van der Waals surface area (Å²) in [4.78, 5) is 0. The molecule has 2 N–H and O–H groups in total. The summed E-state index contributed by atoms with van der Waals surface area (Å²) < 4.78 is 10.6. The van der Waals surface area contributed by atoms with E-state index in [1.165, 1.54) is 6.42 Å². The van der Waals surface area contributed by atoms with E-state index in [-0.39, 0.29) is 6.04 Å². The highest BCUT2D eigenvalue weighted by Crippen LogP contribution is 2.33. The Morgan fingerprint density at radius 2 is 1.76 bits per heavy atom. The molecule has 0 heterocycles. The standard InChI is InChI=1S/C14H23NO2/c1-5-6-7-12(15)11-9-14(17-4)13(16-3)8-10(11)2/h8-9,12H,5-7,15H2,1-4H3. The van der Waals surface area contributed by atoms with Gasteiger partial charge in [0.2, 0.25) is 0 Å². The number of unbranched alkanes of at least 4 members (excludes halogenated alkanes) is 1. The molecule has 0 saturated carbocycles.